The van der Waals surface area contributed by atoms with Gasteiger partial charge in [0.2, 0.25) is 0 Å². The van der Waals surface area contributed by atoms with E-state index in [4.69, 9.17) is 10.7 Å². The van der Waals surface area contributed by atoms with Crippen molar-refractivity contribution in [3.8, 4) is 0 Å². The van der Waals surface area contributed by atoms with Gasteiger partial charge in [0.05, 0.1) is 6.33 Å². The van der Waals surface area contributed by atoms with Crippen LogP contribution in [-0.4, -0.2) is 30.9 Å². The van der Waals surface area contributed by atoms with Gasteiger partial charge in [0.1, 0.15) is 13.4 Å². The highest BCUT2D eigenvalue weighted by Gasteiger charge is 2.50. The second-order valence-electron chi connectivity index (χ2n) is 7.95. The van der Waals surface area contributed by atoms with Crippen LogP contribution in [0.5, 0.6) is 0 Å². The van der Waals surface area contributed by atoms with E-state index in [0.717, 1.165) is 47.1 Å². The number of hydrogen-bond acceptors (Lipinski definition) is 4. The number of nitrogens with two attached hydrogens (primary N) is 1. The zero-order valence-corrected chi connectivity index (χ0v) is 20.0. The Labute approximate surface area is 182 Å². The lowest BCUT2D eigenvalue weighted by atomic mass is 10.5. The van der Waals surface area contributed by atoms with Crippen molar-refractivity contribution < 1.29 is 0 Å². The highest BCUT2D eigenvalue weighted by atomic mass is 28.3. The number of aromatic nitrogens is 2. The minimum atomic E-state index is -2.27. The van der Waals surface area contributed by atoms with E-state index in [-0.39, 0.29) is 0 Å². The number of imidazole rings is 1. The monoisotopic (exact) mass is 437 g/mol. The molecule has 0 amide bonds. The van der Waals surface area contributed by atoms with Crippen LogP contribution < -0.4 is 21.9 Å². The van der Waals surface area contributed by atoms with Crippen molar-refractivity contribution in [2.24, 2.45) is 10.7 Å². The number of allylic oxidation sites excluding steroid dienone is 6. The summed E-state index contributed by atoms with van der Waals surface area (Å²) in [4.78, 5) is 9.80. The Morgan fingerprint density at radius 1 is 0.867 bits per heavy atom. The van der Waals surface area contributed by atoms with Crippen LogP contribution in [0.2, 0.25) is 36.3 Å². The molecule has 0 spiro atoms. The molecule has 0 saturated carbocycles. The van der Waals surface area contributed by atoms with Gasteiger partial charge in [-0.3, -0.25) is 5.73 Å². The molecular weight excluding hydrogens is 402 g/mol. The highest BCUT2D eigenvalue weighted by molar-refractivity contribution is 6.84. The Morgan fingerprint density at radius 3 is 1.77 bits per heavy atom. The molecule has 1 aromatic heterocycles. The van der Waals surface area contributed by atoms with Gasteiger partial charge in [-0.1, -0.05) is 36.5 Å². The molecule has 0 saturated heterocycles. The zero-order chi connectivity index (χ0) is 22.3. The van der Waals surface area contributed by atoms with E-state index < -0.39 is 21.7 Å². The molecule has 0 fully saturated rings. The van der Waals surface area contributed by atoms with Crippen LogP contribution in [-0.2, 0) is 0 Å². The first-order chi connectivity index (χ1) is 14.4. The Morgan fingerprint density at radius 2 is 1.33 bits per heavy atom. The minimum absolute atomic E-state index is 0.809. The quantitative estimate of drug-likeness (QED) is 0.346. The summed E-state index contributed by atoms with van der Waals surface area (Å²) in [5.41, 5.74) is 6.95. The van der Waals surface area contributed by atoms with E-state index in [1.54, 1.807) is 0 Å². The molecule has 1 aliphatic heterocycles. The molecule has 2 rings (SSSR count). The SMILES string of the molecule is C=CC[Si](CC=C)(CC=C)n1cnc2c1=NC(N)([Si](CC=C)(CC=C)CC=C)NC=2. The summed E-state index contributed by atoms with van der Waals surface area (Å²) in [6.07, 6.45) is 15.6. The third-order valence-corrected chi connectivity index (χ3v) is 15.6. The van der Waals surface area contributed by atoms with Crippen LogP contribution in [0.1, 0.15) is 0 Å². The van der Waals surface area contributed by atoms with Gasteiger partial charge in [-0.05, 0) is 36.3 Å². The van der Waals surface area contributed by atoms with Crippen LogP contribution >= 0.6 is 0 Å². The first kappa shape index (κ1) is 23.8. The average molecular weight is 438 g/mol. The molecule has 1 atom stereocenters. The molecule has 160 valence electrons. The minimum Gasteiger partial charge on any atom is -0.357 e. The maximum atomic E-state index is 7.03. The number of fused-ring (bicyclic) bond motifs is 1. The van der Waals surface area contributed by atoms with Crippen molar-refractivity contribution >= 4 is 22.5 Å². The third kappa shape index (κ3) is 4.19. The van der Waals surface area contributed by atoms with Crippen molar-refractivity contribution in [3.05, 3.63) is 93.1 Å². The summed E-state index contributed by atoms with van der Waals surface area (Å²) >= 11 is 0. The molecular formula is C23H35N5Si2. The molecule has 1 aliphatic rings. The Balaban J connectivity index is 2.78. The average Bonchev–Trinajstić information content (AvgIpc) is 3.12. The fourth-order valence-corrected chi connectivity index (χ4v) is 11.9. The van der Waals surface area contributed by atoms with E-state index in [2.05, 4.69) is 54.0 Å². The molecule has 0 aliphatic carbocycles. The number of nitrogens with one attached hydrogen (secondary N) is 1. The maximum Gasteiger partial charge on any atom is 0.176 e. The number of hydrogen-bond donors (Lipinski definition) is 2. The van der Waals surface area contributed by atoms with Crippen molar-refractivity contribution in [2.45, 2.75) is 41.7 Å². The summed E-state index contributed by atoms with van der Waals surface area (Å²) in [6.45, 7) is 24.0. The second-order valence-corrected chi connectivity index (χ2v) is 16.7. The van der Waals surface area contributed by atoms with Crippen LogP contribution in [0.25, 0.3) is 6.20 Å². The van der Waals surface area contributed by atoms with Crippen molar-refractivity contribution in [1.29, 1.82) is 0 Å². The predicted octanol–water partition coefficient (Wildman–Crippen LogP) is 3.35. The molecule has 7 heteroatoms. The Hall–Kier alpha value is -2.49. The lowest BCUT2D eigenvalue weighted by molar-refractivity contribution is 0.517. The molecule has 30 heavy (non-hydrogen) atoms. The summed E-state index contributed by atoms with van der Waals surface area (Å²) in [5, 5.41) is 4.20. The van der Waals surface area contributed by atoms with E-state index in [0.29, 0.717) is 0 Å². The summed E-state index contributed by atoms with van der Waals surface area (Å²) in [6, 6.07) is 5.06. The van der Waals surface area contributed by atoms with Crippen molar-refractivity contribution in [3.63, 3.8) is 0 Å². The van der Waals surface area contributed by atoms with E-state index >= 15 is 0 Å². The standard InChI is InChI=1S/C23H35N5Si2/c1-7-13-29(14-8-2,15-9-3)23(24)26-19-21-22(27-23)28(20-25-21)30(16-10-4,17-11-5)18-12-6/h7-12,19-20,26H,1-6,13-18,24H2. The molecule has 2 heterocycles. The van der Waals surface area contributed by atoms with E-state index in [1.165, 1.54) is 0 Å². The first-order valence-electron chi connectivity index (χ1n) is 10.3. The molecule has 0 radical (unpaired) electrons. The lowest BCUT2D eigenvalue weighted by Crippen LogP contribution is -2.72. The largest absolute Gasteiger partial charge is 0.357 e. The number of rotatable bonds is 14. The highest BCUT2D eigenvalue weighted by Crippen LogP contribution is 2.32. The summed E-state index contributed by atoms with van der Waals surface area (Å²) in [7, 11) is -4.39. The van der Waals surface area contributed by atoms with Gasteiger partial charge in [0.25, 0.3) is 0 Å². The summed E-state index contributed by atoms with van der Waals surface area (Å²) < 4.78 is 2.27. The number of nitrogens with zero attached hydrogens (tertiary/aromatic N) is 3. The predicted molar refractivity (Wildman–Crippen MR) is 134 cm³/mol. The van der Waals surface area contributed by atoms with E-state index in [1.807, 2.05) is 49.0 Å². The van der Waals surface area contributed by atoms with Crippen LogP contribution in [0.3, 0.4) is 0 Å². The smallest absolute Gasteiger partial charge is 0.176 e. The second kappa shape index (κ2) is 10.0. The third-order valence-electron chi connectivity index (χ3n) is 5.98. The Kier molecular flexibility index (Phi) is 7.94. The molecule has 3 N–H and O–H groups in total. The normalized spacial score (nSPS) is 18.0. The lowest BCUT2D eigenvalue weighted by Gasteiger charge is -2.44. The molecule has 0 bridgehead atoms. The molecule has 1 aromatic rings. The van der Waals surface area contributed by atoms with Crippen molar-refractivity contribution in [2.75, 3.05) is 0 Å². The van der Waals surface area contributed by atoms with E-state index in [9.17, 15) is 0 Å². The van der Waals surface area contributed by atoms with Gasteiger partial charge in [-0.2, -0.15) is 0 Å². The van der Waals surface area contributed by atoms with Gasteiger partial charge in [0, 0.05) is 6.20 Å². The van der Waals surface area contributed by atoms with Gasteiger partial charge < -0.3 is 9.55 Å². The topological polar surface area (TPSA) is 68.2 Å². The fraction of sp³-hybridized carbons (Fsp3) is 0.304. The Bertz CT molecular complexity index is 892. The molecule has 5 nitrogen and oxygen atoms in total. The van der Waals surface area contributed by atoms with Gasteiger partial charge in [0.15, 0.2) is 19.1 Å². The van der Waals surface area contributed by atoms with Crippen LogP contribution in [0.4, 0.5) is 0 Å². The van der Waals surface area contributed by atoms with Crippen LogP contribution in [0, 0.1) is 0 Å². The van der Waals surface area contributed by atoms with Gasteiger partial charge in [-0.25, -0.2) is 9.98 Å². The van der Waals surface area contributed by atoms with Crippen molar-refractivity contribution in [1.82, 2.24) is 14.5 Å². The summed E-state index contributed by atoms with van der Waals surface area (Å²) in [5.74, 6) is 0. The molecule has 1 unspecified atom stereocenters. The maximum absolute atomic E-state index is 7.03. The molecule has 0 aromatic carbocycles. The van der Waals surface area contributed by atoms with Crippen LogP contribution in [0.15, 0.2) is 87.2 Å². The fourth-order valence-electron chi connectivity index (χ4n) is 4.46. The van der Waals surface area contributed by atoms with Gasteiger partial charge in [-0.15, -0.1) is 39.5 Å². The van der Waals surface area contributed by atoms with Gasteiger partial charge >= 0.3 is 0 Å². The zero-order valence-electron chi connectivity index (χ0n) is 18.0. The first-order valence-corrected chi connectivity index (χ1v) is 15.5.